The van der Waals surface area contributed by atoms with Gasteiger partial charge in [0.1, 0.15) is 0 Å². The molecular formula is C16H26N2O2. The fourth-order valence-electron chi connectivity index (χ4n) is 2.07. The third kappa shape index (κ3) is 6.17. The summed E-state index contributed by atoms with van der Waals surface area (Å²) in [6, 6.07) is 7.58. The van der Waals surface area contributed by atoms with Crippen molar-refractivity contribution in [3.63, 3.8) is 0 Å². The highest BCUT2D eigenvalue weighted by molar-refractivity contribution is 5.90. The number of benzene rings is 1. The molecule has 0 aromatic heterocycles. The minimum Gasteiger partial charge on any atom is -0.396 e. The Bertz CT molecular complexity index is 413. The van der Waals surface area contributed by atoms with Crippen LogP contribution >= 0.6 is 0 Å². The molecule has 0 saturated carbocycles. The Hall–Kier alpha value is -1.39. The summed E-state index contributed by atoms with van der Waals surface area (Å²) in [5, 5.41) is 11.7. The van der Waals surface area contributed by atoms with Crippen molar-refractivity contribution in [3.05, 3.63) is 29.8 Å². The molecule has 0 saturated heterocycles. The number of nitrogens with one attached hydrogen (secondary N) is 1. The minimum absolute atomic E-state index is 0.0324. The minimum atomic E-state index is 0.0324. The number of anilines is 1. The third-order valence-corrected chi connectivity index (χ3v) is 3.49. The highest BCUT2D eigenvalue weighted by atomic mass is 16.2. The molecule has 1 amide bonds. The zero-order chi connectivity index (χ0) is 15.0. The van der Waals surface area contributed by atoms with Crippen molar-refractivity contribution < 1.29 is 9.90 Å². The molecule has 4 nitrogen and oxygen atoms in total. The molecule has 0 heterocycles. The molecule has 4 heteroatoms. The smallest absolute Gasteiger partial charge is 0.224 e. The van der Waals surface area contributed by atoms with Crippen molar-refractivity contribution in [3.8, 4) is 0 Å². The second kappa shape index (κ2) is 8.02. The third-order valence-electron chi connectivity index (χ3n) is 3.49. The standard InChI is InChI=1S/C16H26N2O2/c1-16(2,10-11-17)9-7-15(20)18-14-5-3-13(4-6-14)8-12-19/h3-6,19H,7-12,17H2,1-2H3,(H,18,20). The van der Waals surface area contributed by atoms with Gasteiger partial charge in [-0.2, -0.15) is 0 Å². The van der Waals surface area contributed by atoms with Crippen molar-refractivity contribution >= 4 is 11.6 Å². The fraction of sp³-hybridized carbons (Fsp3) is 0.562. The van der Waals surface area contributed by atoms with Gasteiger partial charge in [0.25, 0.3) is 0 Å². The monoisotopic (exact) mass is 278 g/mol. The zero-order valence-corrected chi connectivity index (χ0v) is 12.5. The number of aliphatic hydroxyl groups is 1. The van der Waals surface area contributed by atoms with Crippen molar-refractivity contribution in [2.45, 2.75) is 39.5 Å². The van der Waals surface area contributed by atoms with E-state index in [4.69, 9.17) is 10.8 Å². The van der Waals surface area contributed by atoms with Crippen LogP contribution in [-0.4, -0.2) is 24.2 Å². The molecule has 0 aliphatic carbocycles. The second-order valence-electron chi connectivity index (χ2n) is 5.92. The number of hydrogen-bond donors (Lipinski definition) is 3. The maximum atomic E-state index is 11.9. The summed E-state index contributed by atoms with van der Waals surface area (Å²) in [4.78, 5) is 11.9. The Kier molecular flexibility index (Phi) is 6.68. The van der Waals surface area contributed by atoms with E-state index in [0.29, 0.717) is 19.4 Å². The first kappa shape index (κ1) is 16.7. The van der Waals surface area contributed by atoms with Crippen LogP contribution in [0.5, 0.6) is 0 Å². The number of hydrogen-bond acceptors (Lipinski definition) is 3. The molecule has 0 bridgehead atoms. The summed E-state index contributed by atoms with van der Waals surface area (Å²) < 4.78 is 0. The van der Waals surface area contributed by atoms with E-state index in [9.17, 15) is 4.79 Å². The number of aliphatic hydroxyl groups excluding tert-OH is 1. The van der Waals surface area contributed by atoms with E-state index < -0.39 is 0 Å². The van der Waals surface area contributed by atoms with Crippen LogP contribution in [0.15, 0.2) is 24.3 Å². The first-order valence-electron chi connectivity index (χ1n) is 7.16. The van der Waals surface area contributed by atoms with Gasteiger partial charge >= 0.3 is 0 Å². The van der Waals surface area contributed by atoms with Gasteiger partial charge in [0, 0.05) is 18.7 Å². The van der Waals surface area contributed by atoms with Crippen LogP contribution in [0.4, 0.5) is 5.69 Å². The SMILES string of the molecule is CC(C)(CCN)CCC(=O)Nc1ccc(CCO)cc1. The van der Waals surface area contributed by atoms with Gasteiger partial charge in [0.05, 0.1) is 0 Å². The first-order chi connectivity index (χ1) is 9.46. The molecule has 0 unspecified atom stereocenters. The summed E-state index contributed by atoms with van der Waals surface area (Å²) in [7, 11) is 0. The van der Waals surface area contributed by atoms with Gasteiger partial charge in [-0.3, -0.25) is 4.79 Å². The number of carbonyl (C=O) groups excluding carboxylic acids is 1. The normalized spacial score (nSPS) is 11.4. The van der Waals surface area contributed by atoms with Gasteiger partial charge in [0.15, 0.2) is 0 Å². The predicted molar refractivity (Wildman–Crippen MR) is 82.5 cm³/mol. The highest BCUT2D eigenvalue weighted by Gasteiger charge is 2.18. The molecule has 0 spiro atoms. The Morgan fingerprint density at radius 2 is 1.90 bits per heavy atom. The molecule has 4 N–H and O–H groups in total. The lowest BCUT2D eigenvalue weighted by Crippen LogP contribution is -2.20. The van der Waals surface area contributed by atoms with E-state index in [-0.39, 0.29) is 17.9 Å². The van der Waals surface area contributed by atoms with Crippen molar-refractivity contribution in [2.75, 3.05) is 18.5 Å². The van der Waals surface area contributed by atoms with Crippen molar-refractivity contribution in [1.29, 1.82) is 0 Å². The number of nitrogens with two attached hydrogens (primary N) is 1. The highest BCUT2D eigenvalue weighted by Crippen LogP contribution is 2.26. The van der Waals surface area contributed by atoms with E-state index in [1.54, 1.807) is 0 Å². The summed E-state index contributed by atoms with van der Waals surface area (Å²) in [6.45, 7) is 5.07. The van der Waals surface area contributed by atoms with Gasteiger partial charge in [-0.15, -0.1) is 0 Å². The number of rotatable bonds is 8. The van der Waals surface area contributed by atoms with Crippen LogP contribution in [-0.2, 0) is 11.2 Å². The number of carbonyl (C=O) groups is 1. The summed E-state index contributed by atoms with van der Waals surface area (Å²) >= 11 is 0. The fourth-order valence-corrected chi connectivity index (χ4v) is 2.07. The maximum Gasteiger partial charge on any atom is 0.224 e. The van der Waals surface area contributed by atoms with Gasteiger partial charge in [-0.1, -0.05) is 26.0 Å². The van der Waals surface area contributed by atoms with Gasteiger partial charge in [0.2, 0.25) is 5.91 Å². The Balaban J connectivity index is 2.42. The Labute approximate surface area is 121 Å². The molecule has 1 rings (SSSR count). The quantitative estimate of drug-likeness (QED) is 0.683. The molecule has 0 atom stereocenters. The van der Waals surface area contributed by atoms with Crippen molar-refractivity contribution in [1.82, 2.24) is 0 Å². The first-order valence-corrected chi connectivity index (χ1v) is 7.16. The average Bonchev–Trinajstić information content (AvgIpc) is 2.39. The lowest BCUT2D eigenvalue weighted by molar-refractivity contribution is -0.116. The summed E-state index contributed by atoms with van der Waals surface area (Å²) in [6.07, 6.45) is 2.90. The van der Waals surface area contributed by atoms with Crippen LogP contribution < -0.4 is 11.1 Å². The van der Waals surface area contributed by atoms with Crippen LogP contribution in [0.25, 0.3) is 0 Å². The number of amides is 1. The molecule has 0 fully saturated rings. The zero-order valence-electron chi connectivity index (χ0n) is 12.5. The van der Waals surface area contributed by atoms with E-state index in [0.717, 1.165) is 24.1 Å². The molecule has 0 aliphatic heterocycles. The molecule has 1 aromatic carbocycles. The van der Waals surface area contributed by atoms with Crippen LogP contribution in [0.3, 0.4) is 0 Å². The lowest BCUT2D eigenvalue weighted by Gasteiger charge is -2.23. The van der Waals surface area contributed by atoms with Gasteiger partial charge < -0.3 is 16.2 Å². The topological polar surface area (TPSA) is 75.4 Å². The molecule has 0 aliphatic rings. The predicted octanol–water partition coefficient (Wildman–Crippen LogP) is 2.32. The van der Waals surface area contributed by atoms with E-state index in [2.05, 4.69) is 19.2 Å². The molecular weight excluding hydrogens is 252 g/mol. The Morgan fingerprint density at radius 1 is 1.25 bits per heavy atom. The van der Waals surface area contributed by atoms with Crippen LogP contribution in [0, 0.1) is 5.41 Å². The molecule has 1 aromatic rings. The molecule has 112 valence electrons. The van der Waals surface area contributed by atoms with E-state index in [1.165, 1.54) is 0 Å². The van der Waals surface area contributed by atoms with Gasteiger partial charge in [-0.25, -0.2) is 0 Å². The van der Waals surface area contributed by atoms with E-state index >= 15 is 0 Å². The molecule has 20 heavy (non-hydrogen) atoms. The molecule has 0 radical (unpaired) electrons. The van der Waals surface area contributed by atoms with Gasteiger partial charge in [-0.05, 0) is 48.9 Å². The lowest BCUT2D eigenvalue weighted by atomic mass is 9.84. The van der Waals surface area contributed by atoms with Crippen LogP contribution in [0.1, 0.15) is 38.7 Å². The Morgan fingerprint density at radius 3 is 2.45 bits per heavy atom. The maximum absolute atomic E-state index is 11.9. The summed E-state index contributed by atoms with van der Waals surface area (Å²) in [5.74, 6) is 0.0324. The largest absolute Gasteiger partial charge is 0.396 e. The second-order valence-corrected chi connectivity index (χ2v) is 5.92. The van der Waals surface area contributed by atoms with E-state index in [1.807, 2.05) is 24.3 Å². The summed E-state index contributed by atoms with van der Waals surface area (Å²) in [5.41, 5.74) is 7.54. The average molecular weight is 278 g/mol. The van der Waals surface area contributed by atoms with Crippen molar-refractivity contribution in [2.24, 2.45) is 11.1 Å². The van der Waals surface area contributed by atoms with Crippen LogP contribution in [0.2, 0.25) is 0 Å².